The average Bonchev–Trinajstić information content (AvgIpc) is 2.51. The van der Waals surface area contributed by atoms with Gasteiger partial charge in [0.15, 0.2) is 0 Å². The van der Waals surface area contributed by atoms with Crippen LogP contribution in [-0.4, -0.2) is 12.1 Å². The molecule has 1 aliphatic heterocycles. The monoisotopic (exact) mass is 127 g/mol. The quantitative estimate of drug-likeness (QED) is 0.573. The van der Waals surface area contributed by atoms with Gasteiger partial charge in [0.1, 0.15) is 0 Å². The minimum Gasteiger partial charge on any atom is -0.308 e. The largest absolute Gasteiger partial charge is 0.308 e. The standard InChI is InChI=1S/C8H17N/c1-3-5-8(6-4-2)7-9-8/h9H,3-7H2,1-2H3. The van der Waals surface area contributed by atoms with Crippen LogP contribution in [0.15, 0.2) is 0 Å². The Kier molecular flexibility index (Phi) is 2.12. The molecule has 0 atom stereocenters. The Morgan fingerprint density at radius 3 is 1.89 bits per heavy atom. The highest BCUT2D eigenvalue weighted by Crippen LogP contribution is 2.28. The molecule has 0 aromatic heterocycles. The summed E-state index contributed by atoms with van der Waals surface area (Å²) in [5, 5.41) is 3.45. The summed E-state index contributed by atoms with van der Waals surface area (Å²) in [6.07, 6.45) is 5.40. The van der Waals surface area contributed by atoms with Gasteiger partial charge in [-0.2, -0.15) is 0 Å². The molecule has 0 spiro atoms. The zero-order valence-electron chi connectivity index (χ0n) is 6.54. The van der Waals surface area contributed by atoms with Crippen molar-refractivity contribution in [2.75, 3.05) is 6.54 Å². The molecule has 0 radical (unpaired) electrons. The smallest absolute Gasteiger partial charge is 0.0307 e. The first-order valence-corrected chi connectivity index (χ1v) is 4.08. The summed E-state index contributed by atoms with van der Waals surface area (Å²) in [7, 11) is 0. The Bertz CT molecular complexity index is 76.6. The van der Waals surface area contributed by atoms with Gasteiger partial charge in [0.2, 0.25) is 0 Å². The fourth-order valence-corrected chi connectivity index (χ4v) is 1.56. The number of hydrogen-bond acceptors (Lipinski definition) is 1. The molecule has 1 nitrogen and oxygen atoms in total. The van der Waals surface area contributed by atoms with Gasteiger partial charge in [-0.15, -0.1) is 0 Å². The first-order chi connectivity index (χ1) is 4.33. The molecule has 1 aliphatic rings. The summed E-state index contributed by atoms with van der Waals surface area (Å²) in [5.41, 5.74) is 0.601. The molecule has 9 heavy (non-hydrogen) atoms. The van der Waals surface area contributed by atoms with Crippen molar-refractivity contribution < 1.29 is 0 Å². The summed E-state index contributed by atoms with van der Waals surface area (Å²) in [6.45, 7) is 5.80. The minimum absolute atomic E-state index is 0.601. The fraction of sp³-hybridized carbons (Fsp3) is 1.00. The minimum atomic E-state index is 0.601. The van der Waals surface area contributed by atoms with E-state index in [0.717, 1.165) is 0 Å². The molecule has 1 heterocycles. The molecule has 0 bridgehead atoms. The zero-order valence-corrected chi connectivity index (χ0v) is 6.54. The van der Waals surface area contributed by atoms with Crippen molar-refractivity contribution in [1.82, 2.24) is 5.32 Å². The Morgan fingerprint density at radius 1 is 1.22 bits per heavy atom. The van der Waals surface area contributed by atoms with Crippen LogP contribution in [0.5, 0.6) is 0 Å². The van der Waals surface area contributed by atoms with Crippen molar-refractivity contribution in [3.8, 4) is 0 Å². The van der Waals surface area contributed by atoms with Crippen molar-refractivity contribution in [3.05, 3.63) is 0 Å². The van der Waals surface area contributed by atoms with Crippen LogP contribution in [0.2, 0.25) is 0 Å². The van der Waals surface area contributed by atoms with Gasteiger partial charge in [-0.3, -0.25) is 0 Å². The Morgan fingerprint density at radius 2 is 1.67 bits per heavy atom. The van der Waals surface area contributed by atoms with E-state index in [-0.39, 0.29) is 0 Å². The Hall–Kier alpha value is -0.0400. The number of rotatable bonds is 4. The summed E-state index contributed by atoms with van der Waals surface area (Å²) in [4.78, 5) is 0. The van der Waals surface area contributed by atoms with Gasteiger partial charge in [-0.05, 0) is 12.8 Å². The molecule has 1 fully saturated rings. The van der Waals surface area contributed by atoms with Crippen LogP contribution >= 0.6 is 0 Å². The third kappa shape index (κ3) is 1.68. The maximum atomic E-state index is 3.45. The van der Waals surface area contributed by atoms with Crippen LogP contribution in [0, 0.1) is 0 Å². The topological polar surface area (TPSA) is 21.9 Å². The maximum absolute atomic E-state index is 3.45. The fourth-order valence-electron chi connectivity index (χ4n) is 1.56. The highest BCUT2D eigenvalue weighted by Gasteiger charge is 2.39. The van der Waals surface area contributed by atoms with E-state index in [2.05, 4.69) is 19.2 Å². The number of hydrogen-bond donors (Lipinski definition) is 1. The van der Waals surface area contributed by atoms with E-state index in [4.69, 9.17) is 0 Å². The lowest BCUT2D eigenvalue weighted by atomic mass is 9.99. The second kappa shape index (κ2) is 2.70. The van der Waals surface area contributed by atoms with E-state index in [9.17, 15) is 0 Å². The molecular weight excluding hydrogens is 110 g/mol. The zero-order chi connectivity index (χ0) is 6.74. The average molecular weight is 127 g/mol. The molecule has 0 aromatic rings. The second-order valence-electron chi connectivity index (χ2n) is 3.13. The lowest BCUT2D eigenvalue weighted by molar-refractivity contribution is 0.515. The second-order valence-corrected chi connectivity index (χ2v) is 3.13. The summed E-state index contributed by atoms with van der Waals surface area (Å²) < 4.78 is 0. The van der Waals surface area contributed by atoms with Gasteiger partial charge in [0.25, 0.3) is 0 Å². The van der Waals surface area contributed by atoms with E-state index < -0.39 is 0 Å². The molecule has 0 unspecified atom stereocenters. The summed E-state index contributed by atoms with van der Waals surface area (Å²) in [5.74, 6) is 0. The molecule has 1 N–H and O–H groups in total. The molecule has 0 aliphatic carbocycles. The van der Waals surface area contributed by atoms with Crippen LogP contribution in [0.4, 0.5) is 0 Å². The van der Waals surface area contributed by atoms with Gasteiger partial charge in [0.05, 0.1) is 0 Å². The molecule has 1 rings (SSSR count). The maximum Gasteiger partial charge on any atom is 0.0307 e. The predicted octanol–water partition coefficient (Wildman–Crippen LogP) is 1.93. The lowest BCUT2D eigenvalue weighted by Gasteiger charge is -2.08. The van der Waals surface area contributed by atoms with Gasteiger partial charge in [-0.1, -0.05) is 26.7 Å². The highest BCUT2D eigenvalue weighted by molar-refractivity contribution is 5.02. The van der Waals surface area contributed by atoms with Crippen LogP contribution < -0.4 is 5.32 Å². The van der Waals surface area contributed by atoms with Gasteiger partial charge in [-0.25, -0.2) is 0 Å². The predicted molar refractivity (Wildman–Crippen MR) is 40.5 cm³/mol. The first-order valence-electron chi connectivity index (χ1n) is 4.08. The normalized spacial score (nSPS) is 22.0. The van der Waals surface area contributed by atoms with Crippen molar-refractivity contribution >= 4 is 0 Å². The Balaban J connectivity index is 2.17. The molecular formula is C8H17N. The van der Waals surface area contributed by atoms with Crippen molar-refractivity contribution in [2.24, 2.45) is 0 Å². The van der Waals surface area contributed by atoms with Crippen molar-refractivity contribution in [1.29, 1.82) is 0 Å². The van der Waals surface area contributed by atoms with Crippen LogP contribution in [0.3, 0.4) is 0 Å². The van der Waals surface area contributed by atoms with E-state index in [1.54, 1.807) is 0 Å². The molecule has 1 heteroatoms. The first kappa shape index (κ1) is 7.07. The van der Waals surface area contributed by atoms with E-state index in [0.29, 0.717) is 5.54 Å². The summed E-state index contributed by atoms with van der Waals surface area (Å²) >= 11 is 0. The van der Waals surface area contributed by atoms with E-state index in [1.807, 2.05) is 0 Å². The van der Waals surface area contributed by atoms with Gasteiger partial charge >= 0.3 is 0 Å². The molecule has 0 saturated carbocycles. The third-order valence-corrected chi connectivity index (χ3v) is 2.13. The highest BCUT2D eigenvalue weighted by atomic mass is 15.2. The third-order valence-electron chi connectivity index (χ3n) is 2.13. The SMILES string of the molecule is CCCC1(CCC)CN1. The number of nitrogens with one attached hydrogen (secondary N) is 1. The van der Waals surface area contributed by atoms with E-state index >= 15 is 0 Å². The summed E-state index contributed by atoms with van der Waals surface area (Å²) in [6, 6.07) is 0. The molecule has 0 aromatic carbocycles. The lowest BCUT2D eigenvalue weighted by Crippen LogP contribution is -2.13. The molecule has 54 valence electrons. The molecule has 0 amide bonds. The van der Waals surface area contributed by atoms with Crippen LogP contribution in [0.25, 0.3) is 0 Å². The van der Waals surface area contributed by atoms with Gasteiger partial charge in [0, 0.05) is 12.1 Å². The van der Waals surface area contributed by atoms with Crippen molar-refractivity contribution in [2.45, 2.75) is 45.1 Å². The van der Waals surface area contributed by atoms with E-state index in [1.165, 1.54) is 32.2 Å². The van der Waals surface area contributed by atoms with Crippen LogP contribution in [-0.2, 0) is 0 Å². The van der Waals surface area contributed by atoms with Crippen molar-refractivity contribution in [3.63, 3.8) is 0 Å². The van der Waals surface area contributed by atoms with Gasteiger partial charge < -0.3 is 5.32 Å². The van der Waals surface area contributed by atoms with Crippen LogP contribution in [0.1, 0.15) is 39.5 Å². The Labute approximate surface area is 57.8 Å². The molecule has 1 saturated heterocycles.